The van der Waals surface area contributed by atoms with E-state index < -0.39 is 33.0 Å². The lowest BCUT2D eigenvalue weighted by Gasteiger charge is -2.28. The van der Waals surface area contributed by atoms with Gasteiger partial charge in [-0.1, -0.05) is 65.8 Å². The summed E-state index contributed by atoms with van der Waals surface area (Å²) in [6.07, 6.45) is 15.1. The van der Waals surface area contributed by atoms with Gasteiger partial charge in [0.15, 0.2) is 0 Å². The first kappa shape index (κ1) is 32.9. The number of allylic oxidation sites excluding steroid dienone is 8. The topological polar surface area (TPSA) is 91.7 Å². The van der Waals surface area contributed by atoms with Crippen molar-refractivity contribution in [1.82, 2.24) is 0 Å². The Bertz CT molecular complexity index is 1050. The molecule has 0 spiro atoms. The lowest BCUT2D eigenvalue weighted by molar-refractivity contribution is -0.147. The second-order valence-electron chi connectivity index (χ2n) is 13.7. The zero-order valence-corrected chi connectivity index (χ0v) is 26.4. The molecule has 7 heteroatoms. The van der Waals surface area contributed by atoms with Crippen LogP contribution in [0.5, 0.6) is 0 Å². The van der Waals surface area contributed by atoms with E-state index in [1.807, 2.05) is 0 Å². The number of carboxylic acids is 1. The summed E-state index contributed by atoms with van der Waals surface area (Å²) in [5.74, 6) is -0.804. The van der Waals surface area contributed by atoms with Gasteiger partial charge >= 0.3 is 5.97 Å². The third kappa shape index (κ3) is 9.71. The number of rotatable bonds is 14. The fourth-order valence-electron chi connectivity index (χ4n) is 5.02. The standard InChI is InChI=1S/C31H50O5S2/c1-28(2,22-32)16-10-14-25-20-29(3,4)18-23(37(25)35)12-9-13-24-19-30(5,6)21-26(38(24)36)15-11-17-31(7,8)27(33)34/h18-21,32H,9-17,22H2,1-8H3,(H,33,34). The maximum absolute atomic E-state index is 13.4. The molecule has 0 aromatic heterocycles. The summed E-state index contributed by atoms with van der Waals surface area (Å²) in [6, 6.07) is 0. The van der Waals surface area contributed by atoms with Crippen LogP contribution in [0.3, 0.4) is 0 Å². The van der Waals surface area contributed by atoms with E-state index in [1.165, 1.54) is 0 Å². The van der Waals surface area contributed by atoms with Crippen LogP contribution in [-0.2, 0) is 26.4 Å². The third-order valence-electron chi connectivity index (χ3n) is 7.44. The van der Waals surface area contributed by atoms with Crippen molar-refractivity contribution < 1.29 is 23.4 Å². The van der Waals surface area contributed by atoms with Crippen LogP contribution < -0.4 is 0 Å². The number of hydrogen-bond acceptors (Lipinski definition) is 4. The molecule has 0 radical (unpaired) electrons. The van der Waals surface area contributed by atoms with E-state index in [0.717, 1.165) is 45.3 Å². The number of aliphatic carboxylic acids is 1. The molecule has 2 heterocycles. The number of carbonyl (C=O) groups is 1. The predicted octanol–water partition coefficient (Wildman–Crippen LogP) is 7.74. The number of aliphatic hydroxyl groups is 1. The van der Waals surface area contributed by atoms with E-state index in [4.69, 9.17) is 0 Å². The van der Waals surface area contributed by atoms with Crippen LogP contribution in [0.2, 0.25) is 0 Å². The molecule has 0 saturated carbocycles. The molecule has 2 N–H and O–H groups in total. The Hall–Kier alpha value is -1.31. The summed E-state index contributed by atoms with van der Waals surface area (Å²) >= 11 is 0. The molecule has 2 rings (SSSR count). The maximum Gasteiger partial charge on any atom is 0.309 e. The average molecular weight is 567 g/mol. The van der Waals surface area contributed by atoms with E-state index in [0.29, 0.717) is 32.1 Å². The molecule has 0 amide bonds. The summed E-state index contributed by atoms with van der Waals surface area (Å²) < 4.78 is 26.8. The van der Waals surface area contributed by atoms with Gasteiger partial charge in [-0.3, -0.25) is 4.79 Å². The zero-order chi connectivity index (χ0) is 28.9. The van der Waals surface area contributed by atoms with E-state index >= 15 is 0 Å². The van der Waals surface area contributed by atoms with Crippen molar-refractivity contribution >= 4 is 27.6 Å². The molecule has 216 valence electrons. The Morgan fingerprint density at radius 1 is 0.711 bits per heavy atom. The summed E-state index contributed by atoms with van der Waals surface area (Å²) in [6.45, 7) is 16.2. The first-order valence-corrected chi connectivity index (χ1v) is 16.2. The second-order valence-corrected chi connectivity index (χ2v) is 16.9. The van der Waals surface area contributed by atoms with Gasteiger partial charge < -0.3 is 10.2 Å². The Balaban J connectivity index is 1.99. The Morgan fingerprint density at radius 2 is 1.05 bits per heavy atom. The first-order valence-electron chi connectivity index (χ1n) is 13.9. The van der Waals surface area contributed by atoms with Gasteiger partial charge in [-0.15, -0.1) is 0 Å². The number of aliphatic hydroxyl groups excluding tert-OH is 1. The van der Waals surface area contributed by atoms with Crippen LogP contribution in [0.1, 0.15) is 113 Å². The quantitative estimate of drug-likeness (QED) is 0.224. The molecule has 0 aliphatic carbocycles. The molecule has 2 atom stereocenters. The van der Waals surface area contributed by atoms with Crippen molar-refractivity contribution in [3.05, 3.63) is 43.9 Å². The van der Waals surface area contributed by atoms with Crippen molar-refractivity contribution in [1.29, 1.82) is 0 Å². The molecular formula is C31H50O5S2. The average Bonchev–Trinajstić information content (AvgIpc) is 2.78. The van der Waals surface area contributed by atoms with Gasteiger partial charge in [-0.2, -0.15) is 0 Å². The predicted molar refractivity (Wildman–Crippen MR) is 160 cm³/mol. The zero-order valence-electron chi connectivity index (χ0n) is 24.8. The Morgan fingerprint density at radius 3 is 1.39 bits per heavy atom. The lowest BCUT2D eigenvalue weighted by Crippen LogP contribution is -2.23. The van der Waals surface area contributed by atoms with Crippen molar-refractivity contribution in [2.24, 2.45) is 21.7 Å². The highest BCUT2D eigenvalue weighted by atomic mass is 32.2. The van der Waals surface area contributed by atoms with Gasteiger partial charge in [0.1, 0.15) is 0 Å². The summed E-state index contributed by atoms with van der Waals surface area (Å²) in [7, 11) is -2.35. The second kappa shape index (κ2) is 12.9. The number of carboxylic acid groups (broad SMARTS) is 1. The smallest absolute Gasteiger partial charge is 0.309 e. The summed E-state index contributed by atoms with van der Waals surface area (Å²) in [5, 5.41) is 18.9. The molecule has 0 fully saturated rings. The van der Waals surface area contributed by atoms with Crippen molar-refractivity contribution in [2.75, 3.05) is 6.61 Å². The largest absolute Gasteiger partial charge is 0.481 e. The van der Waals surface area contributed by atoms with Gasteiger partial charge in [0.05, 0.1) is 27.0 Å². The molecule has 2 aliphatic rings. The molecule has 5 nitrogen and oxygen atoms in total. The Labute approximate surface area is 235 Å². The van der Waals surface area contributed by atoms with Gasteiger partial charge in [-0.05, 0) is 77.0 Å². The highest BCUT2D eigenvalue weighted by Crippen LogP contribution is 2.39. The van der Waals surface area contributed by atoms with Gasteiger partial charge in [0.2, 0.25) is 0 Å². The fourth-order valence-corrected chi connectivity index (χ4v) is 8.66. The van der Waals surface area contributed by atoms with E-state index in [1.54, 1.807) is 13.8 Å². The van der Waals surface area contributed by atoms with E-state index in [-0.39, 0.29) is 22.9 Å². The van der Waals surface area contributed by atoms with Crippen molar-refractivity contribution in [2.45, 2.75) is 113 Å². The molecular weight excluding hydrogens is 516 g/mol. The lowest BCUT2D eigenvalue weighted by atomic mass is 9.86. The molecule has 0 aromatic carbocycles. The molecule has 38 heavy (non-hydrogen) atoms. The summed E-state index contributed by atoms with van der Waals surface area (Å²) in [5.41, 5.74) is -1.26. The SMILES string of the molecule is CC1(C)C=C(CCCC2=CC(C)(C)C=C(CCCC(C)(C)C(=O)O)S2=O)S(=O)C(CCCC(C)(C)CO)=C1. The van der Waals surface area contributed by atoms with E-state index in [2.05, 4.69) is 65.8 Å². The van der Waals surface area contributed by atoms with E-state index in [9.17, 15) is 23.4 Å². The van der Waals surface area contributed by atoms with Crippen LogP contribution >= 0.6 is 0 Å². The molecule has 2 aliphatic heterocycles. The highest BCUT2D eigenvalue weighted by Gasteiger charge is 2.30. The molecule has 0 saturated heterocycles. The van der Waals surface area contributed by atoms with Crippen LogP contribution in [0.4, 0.5) is 0 Å². The molecule has 0 aromatic rings. The van der Waals surface area contributed by atoms with Crippen LogP contribution in [0.15, 0.2) is 43.9 Å². The maximum atomic E-state index is 13.4. The first-order chi connectivity index (χ1) is 17.4. The van der Waals surface area contributed by atoms with Crippen LogP contribution in [0.25, 0.3) is 0 Å². The van der Waals surface area contributed by atoms with Crippen molar-refractivity contribution in [3.8, 4) is 0 Å². The highest BCUT2D eigenvalue weighted by molar-refractivity contribution is 7.93. The van der Waals surface area contributed by atoms with Gasteiger partial charge in [-0.25, -0.2) is 8.42 Å². The molecule has 2 unspecified atom stereocenters. The monoisotopic (exact) mass is 566 g/mol. The fraction of sp³-hybridized carbons (Fsp3) is 0.710. The minimum atomic E-state index is -1.21. The number of hydrogen-bond donors (Lipinski definition) is 2. The minimum Gasteiger partial charge on any atom is -0.481 e. The van der Waals surface area contributed by atoms with Crippen LogP contribution in [0, 0.1) is 21.7 Å². The van der Waals surface area contributed by atoms with Gasteiger partial charge in [0, 0.05) is 37.1 Å². The minimum absolute atomic E-state index is 0.123. The Kier molecular flexibility index (Phi) is 11.2. The summed E-state index contributed by atoms with van der Waals surface area (Å²) in [4.78, 5) is 15.2. The van der Waals surface area contributed by atoms with Crippen LogP contribution in [-0.4, -0.2) is 31.2 Å². The van der Waals surface area contributed by atoms with Crippen molar-refractivity contribution in [3.63, 3.8) is 0 Å². The third-order valence-corrected chi connectivity index (χ3v) is 10.6. The van der Waals surface area contributed by atoms with Gasteiger partial charge in [0.25, 0.3) is 0 Å². The molecule has 0 bridgehead atoms. The normalized spacial score (nSPS) is 23.3.